The van der Waals surface area contributed by atoms with Crippen molar-refractivity contribution in [1.82, 2.24) is 0 Å². The van der Waals surface area contributed by atoms with Crippen molar-refractivity contribution < 1.29 is 14.5 Å². The topological polar surface area (TPSA) is 69.1 Å². The molecule has 3 N–H and O–H groups in total. The average molecular weight is 344 g/mol. The number of thiophene rings is 1. The van der Waals surface area contributed by atoms with Crippen molar-refractivity contribution >= 4 is 23.1 Å². The fourth-order valence-electron chi connectivity index (χ4n) is 2.89. The molecule has 0 atom stereocenters. The molecule has 1 saturated heterocycles. The van der Waals surface area contributed by atoms with Gasteiger partial charge in [0.05, 0.1) is 13.1 Å². The van der Waals surface area contributed by atoms with E-state index in [1.807, 2.05) is 17.5 Å². The molecule has 2 aromatic rings. The largest absolute Gasteiger partial charge is 0.380 e. The summed E-state index contributed by atoms with van der Waals surface area (Å²) in [6, 6.07) is 11.5. The predicted molar refractivity (Wildman–Crippen MR) is 95.2 cm³/mol. The van der Waals surface area contributed by atoms with E-state index in [4.69, 9.17) is 10.6 Å². The number of amidine groups is 1. The lowest BCUT2D eigenvalue weighted by atomic mass is 10.1. The van der Waals surface area contributed by atoms with Gasteiger partial charge in [0.25, 0.3) is 0 Å². The molecule has 0 unspecified atom stereocenters. The number of piperidine rings is 1. The van der Waals surface area contributed by atoms with Crippen molar-refractivity contribution in [2.45, 2.75) is 25.8 Å². The molecular formula is C18H22N3O2S+. The normalized spacial score (nSPS) is 16.1. The summed E-state index contributed by atoms with van der Waals surface area (Å²) in [4.78, 5) is 18.8. The minimum atomic E-state index is -0.488. The van der Waals surface area contributed by atoms with Crippen LogP contribution in [0.1, 0.15) is 40.1 Å². The van der Waals surface area contributed by atoms with E-state index < -0.39 is 5.97 Å². The standard InChI is InChI=1S/C18H21N3O2S/c19-17(20-23-18(22)16-5-4-12-24-16)15-8-6-14(7-9-15)13-21-10-2-1-3-11-21/h4-9,12H,1-3,10-11,13H2,(H2,19,20)/p+1. The van der Waals surface area contributed by atoms with Gasteiger partial charge >= 0.3 is 5.97 Å². The maximum absolute atomic E-state index is 11.7. The Morgan fingerprint density at radius 3 is 2.58 bits per heavy atom. The molecule has 3 rings (SSSR count). The van der Waals surface area contributed by atoms with Crippen LogP contribution in [0.3, 0.4) is 0 Å². The first-order chi connectivity index (χ1) is 11.7. The highest BCUT2D eigenvalue weighted by Gasteiger charge is 2.14. The molecular weight excluding hydrogens is 322 g/mol. The molecule has 126 valence electrons. The highest BCUT2D eigenvalue weighted by atomic mass is 32.1. The van der Waals surface area contributed by atoms with E-state index in [0.29, 0.717) is 4.88 Å². The second-order valence-corrected chi connectivity index (χ2v) is 6.96. The number of benzene rings is 1. The van der Waals surface area contributed by atoms with Crippen LogP contribution in [0.4, 0.5) is 0 Å². The zero-order chi connectivity index (χ0) is 16.8. The molecule has 24 heavy (non-hydrogen) atoms. The van der Waals surface area contributed by atoms with Gasteiger partial charge in [-0.15, -0.1) is 11.3 Å². The number of carbonyl (C=O) groups excluding carboxylic acids is 1. The average Bonchev–Trinajstić information content (AvgIpc) is 3.16. The summed E-state index contributed by atoms with van der Waals surface area (Å²) in [7, 11) is 0. The summed E-state index contributed by atoms with van der Waals surface area (Å²) in [6.45, 7) is 3.55. The fourth-order valence-corrected chi connectivity index (χ4v) is 3.49. The molecule has 0 amide bonds. The number of nitrogens with zero attached hydrogens (tertiary/aromatic N) is 1. The van der Waals surface area contributed by atoms with Gasteiger partial charge < -0.3 is 15.5 Å². The van der Waals surface area contributed by atoms with Gasteiger partial charge in [-0.25, -0.2) is 4.79 Å². The monoisotopic (exact) mass is 344 g/mol. The molecule has 2 heterocycles. The van der Waals surface area contributed by atoms with Crippen molar-refractivity contribution in [1.29, 1.82) is 0 Å². The fraction of sp³-hybridized carbons (Fsp3) is 0.333. The minimum absolute atomic E-state index is 0.205. The Bertz CT molecular complexity index is 690. The number of oxime groups is 1. The Morgan fingerprint density at radius 2 is 1.92 bits per heavy atom. The van der Waals surface area contributed by atoms with Crippen LogP contribution < -0.4 is 10.6 Å². The van der Waals surface area contributed by atoms with E-state index in [2.05, 4.69) is 17.3 Å². The Hall–Kier alpha value is -2.18. The molecule has 0 aliphatic carbocycles. The van der Waals surface area contributed by atoms with Crippen LogP contribution in [0, 0.1) is 0 Å². The number of rotatable bonds is 5. The molecule has 0 spiro atoms. The SMILES string of the molecule is N/C(=N/OC(=O)c1cccs1)c1ccc(C[NH+]2CCCCC2)cc1. The number of nitrogens with two attached hydrogens (primary N) is 1. The van der Waals surface area contributed by atoms with Gasteiger partial charge in [-0.2, -0.15) is 0 Å². The van der Waals surface area contributed by atoms with Gasteiger partial charge in [0.15, 0.2) is 5.84 Å². The highest BCUT2D eigenvalue weighted by molar-refractivity contribution is 7.11. The van der Waals surface area contributed by atoms with Gasteiger partial charge in [-0.3, -0.25) is 0 Å². The van der Waals surface area contributed by atoms with E-state index >= 15 is 0 Å². The lowest BCUT2D eigenvalue weighted by Crippen LogP contribution is -3.11. The van der Waals surface area contributed by atoms with E-state index in [1.54, 1.807) is 17.0 Å². The molecule has 1 fully saturated rings. The van der Waals surface area contributed by atoms with E-state index in [-0.39, 0.29) is 5.84 Å². The summed E-state index contributed by atoms with van der Waals surface area (Å²) in [6.07, 6.45) is 4.00. The van der Waals surface area contributed by atoms with Crippen LogP contribution in [-0.4, -0.2) is 24.9 Å². The Morgan fingerprint density at radius 1 is 1.17 bits per heavy atom. The van der Waals surface area contributed by atoms with Crippen LogP contribution in [0.5, 0.6) is 0 Å². The van der Waals surface area contributed by atoms with Crippen molar-refractivity contribution in [2.75, 3.05) is 13.1 Å². The predicted octanol–water partition coefficient (Wildman–Crippen LogP) is 1.79. The molecule has 6 heteroatoms. The van der Waals surface area contributed by atoms with Crippen LogP contribution in [-0.2, 0) is 11.4 Å². The third-order valence-corrected chi connectivity index (χ3v) is 5.06. The minimum Gasteiger partial charge on any atom is -0.380 e. The van der Waals surface area contributed by atoms with Gasteiger partial charge in [0, 0.05) is 11.1 Å². The second-order valence-electron chi connectivity index (χ2n) is 6.02. The number of quaternary nitrogens is 1. The van der Waals surface area contributed by atoms with Gasteiger partial charge in [-0.05, 0) is 30.7 Å². The van der Waals surface area contributed by atoms with Crippen LogP contribution >= 0.6 is 11.3 Å². The number of hydrogen-bond acceptors (Lipinski definition) is 4. The lowest BCUT2D eigenvalue weighted by Gasteiger charge is -2.23. The Kier molecular flexibility index (Phi) is 5.61. The summed E-state index contributed by atoms with van der Waals surface area (Å²) in [5.41, 5.74) is 7.95. The third kappa shape index (κ3) is 4.43. The van der Waals surface area contributed by atoms with Crippen molar-refractivity contribution in [2.24, 2.45) is 10.9 Å². The summed E-state index contributed by atoms with van der Waals surface area (Å²) in [5, 5.41) is 5.55. The molecule has 0 radical (unpaired) electrons. The van der Waals surface area contributed by atoms with Crippen molar-refractivity contribution in [3.05, 3.63) is 57.8 Å². The summed E-state index contributed by atoms with van der Waals surface area (Å²) < 4.78 is 0. The van der Waals surface area contributed by atoms with Crippen molar-refractivity contribution in [3.63, 3.8) is 0 Å². The zero-order valence-electron chi connectivity index (χ0n) is 13.5. The van der Waals surface area contributed by atoms with Gasteiger partial charge in [-0.1, -0.05) is 35.5 Å². The molecule has 1 aliphatic rings. The quantitative estimate of drug-likeness (QED) is 0.376. The first-order valence-corrected chi connectivity index (χ1v) is 9.11. The summed E-state index contributed by atoms with van der Waals surface area (Å²) >= 11 is 1.31. The van der Waals surface area contributed by atoms with Crippen LogP contribution in [0.15, 0.2) is 46.9 Å². The molecule has 1 aromatic carbocycles. The Labute approximate surface area is 145 Å². The van der Waals surface area contributed by atoms with E-state index in [9.17, 15) is 4.79 Å². The van der Waals surface area contributed by atoms with E-state index in [1.165, 1.54) is 49.3 Å². The smallest absolute Gasteiger partial charge is 0.375 e. The van der Waals surface area contributed by atoms with Crippen molar-refractivity contribution in [3.8, 4) is 0 Å². The number of likely N-dealkylation sites (tertiary alicyclic amines) is 1. The third-order valence-electron chi connectivity index (χ3n) is 4.21. The zero-order valence-corrected chi connectivity index (χ0v) is 14.3. The molecule has 5 nitrogen and oxygen atoms in total. The van der Waals surface area contributed by atoms with Gasteiger partial charge in [0.1, 0.15) is 11.4 Å². The van der Waals surface area contributed by atoms with Crippen LogP contribution in [0.25, 0.3) is 0 Å². The van der Waals surface area contributed by atoms with Crippen LogP contribution in [0.2, 0.25) is 0 Å². The van der Waals surface area contributed by atoms with Gasteiger partial charge in [0.2, 0.25) is 0 Å². The number of hydrogen-bond donors (Lipinski definition) is 2. The Balaban J connectivity index is 1.57. The molecule has 0 bridgehead atoms. The lowest BCUT2D eigenvalue weighted by molar-refractivity contribution is -0.918. The summed E-state index contributed by atoms with van der Waals surface area (Å²) in [5.74, 6) is -0.282. The number of carbonyl (C=O) groups is 1. The van der Waals surface area contributed by atoms with E-state index in [0.717, 1.165) is 12.1 Å². The molecule has 1 aromatic heterocycles. The second kappa shape index (κ2) is 8.08. The number of nitrogens with one attached hydrogen (secondary N) is 1. The highest BCUT2D eigenvalue weighted by Crippen LogP contribution is 2.10. The maximum Gasteiger partial charge on any atom is 0.375 e. The first-order valence-electron chi connectivity index (χ1n) is 8.23. The molecule has 1 aliphatic heterocycles. The first kappa shape index (κ1) is 16.7. The maximum atomic E-state index is 11.7. The molecule has 0 saturated carbocycles.